The summed E-state index contributed by atoms with van der Waals surface area (Å²) in [5.41, 5.74) is 1.34. The van der Waals surface area contributed by atoms with Gasteiger partial charge in [0.05, 0.1) is 19.8 Å². The molecule has 0 aliphatic carbocycles. The molecule has 1 amide bonds. The number of methoxy groups -OCH3 is 2. The van der Waals surface area contributed by atoms with Crippen LogP contribution >= 0.6 is 0 Å². The lowest BCUT2D eigenvalue weighted by molar-refractivity contribution is -0.148. The third-order valence-corrected chi connectivity index (χ3v) is 5.03. The van der Waals surface area contributed by atoms with Gasteiger partial charge in [0.15, 0.2) is 18.1 Å². The minimum atomic E-state index is -4.47. The van der Waals surface area contributed by atoms with Crippen molar-refractivity contribution in [1.29, 1.82) is 0 Å². The molecule has 0 aromatic heterocycles. The molecule has 9 heteroatoms. The summed E-state index contributed by atoms with van der Waals surface area (Å²) in [6.07, 6.45) is -1.66. The highest BCUT2D eigenvalue weighted by atomic mass is 19.4. The SMILES string of the molecule is COc1cc2c(cc1OC)CN(C(=O)COC(=O)/C=C/c1cccc(C(F)(F)F)c1)CC2. The maximum atomic E-state index is 12.8. The van der Waals surface area contributed by atoms with Gasteiger partial charge in [-0.15, -0.1) is 0 Å². The predicted octanol–water partition coefficient (Wildman–Crippen LogP) is 3.86. The second kappa shape index (κ2) is 9.76. The maximum Gasteiger partial charge on any atom is 0.416 e. The Morgan fingerprint density at radius 3 is 2.41 bits per heavy atom. The van der Waals surface area contributed by atoms with Crippen LogP contribution in [0.1, 0.15) is 22.3 Å². The molecule has 0 unspecified atom stereocenters. The molecule has 0 saturated heterocycles. The summed E-state index contributed by atoms with van der Waals surface area (Å²) in [5.74, 6) is -0.00921. The van der Waals surface area contributed by atoms with E-state index < -0.39 is 24.3 Å². The number of hydrogen-bond donors (Lipinski definition) is 0. The summed E-state index contributed by atoms with van der Waals surface area (Å²) in [6, 6.07) is 8.24. The van der Waals surface area contributed by atoms with Gasteiger partial charge in [-0.2, -0.15) is 13.2 Å². The first kappa shape index (κ1) is 23.2. The molecule has 3 rings (SSSR count). The molecule has 2 aromatic rings. The number of nitrogens with zero attached hydrogens (tertiary/aromatic N) is 1. The number of esters is 1. The molecule has 0 radical (unpaired) electrons. The van der Waals surface area contributed by atoms with Crippen molar-refractivity contribution >= 4 is 18.0 Å². The number of carbonyl (C=O) groups excluding carboxylic acids is 2. The lowest BCUT2D eigenvalue weighted by Gasteiger charge is -2.29. The Labute approximate surface area is 183 Å². The van der Waals surface area contributed by atoms with E-state index in [1.165, 1.54) is 25.3 Å². The Morgan fingerprint density at radius 1 is 1.06 bits per heavy atom. The van der Waals surface area contributed by atoms with Crippen molar-refractivity contribution in [2.75, 3.05) is 27.4 Å². The molecule has 2 aromatic carbocycles. The fraction of sp³-hybridized carbons (Fsp3) is 0.304. The van der Waals surface area contributed by atoms with Crippen LogP contribution < -0.4 is 9.47 Å². The molecular weight excluding hydrogens is 427 g/mol. The van der Waals surface area contributed by atoms with Crippen molar-refractivity contribution in [2.24, 2.45) is 0 Å². The molecule has 32 heavy (non-hydrogen) atoms. The minimum Gasteiger partial charge on any atom is -0.493 e. The standard InChI is InChI=1S/C23H22F3NO5/c1-30-19-11-16-8-9-27(13-17(16)12-20(19)31-2)21(28)14-32-22(29)7-6-15-4-3-5-18(10-15)23(24,25)26/h3-7,10-12H,8-9,13-14H2,1-2H3/b7-6+. The zero-order valence-corrected chi connectivity index (χ0v) is 17.6. The molecule has 0 N–H and O–H groups in total. The first-order chi connectivity index (χ1) is 15.2. The number of fused-ring (bicyclic) bond motifs is 1. The molecule has 0 saturated carbocycles. The van der Waals surface area contributed by atoms with Crippen molar-refractivity contribution in [1.82, 2.24) is 4.90 Å². The van der Waals surface area contributed by atoms with Crippen LogP contribution in [0.3, 0.4) is 0 Å². The van der Waals surface area contributed by atoms with Crippen LogP contribution in [0.15, 0.2) is 42.5 Å². The number of hydrogen-bond acceptors (Lipinski definition) is 5. The van der Waals surface area contributed by atoms with Gasteiger partial charge in [0.25, 0.3) is 5.91 Å². The lowest BCUT2D eigenvalue weighted by atomic mass is 9.99. The lowest BCUT2D eigenvalue weighted by Crippen LogP contribution is -2.38. The molecule has 170 valence electrons. The van der Waals surface area contributed by atoms with E-state index in [1.807, 2.05) is 12.1 Å². The van der Waals surface area contributed by atoms with Gasteiger partial charge in [-0.05, 0) is 53.5 Å². The van der Waals surface area contributed by atoms with Gasteiger partial charge < -0.3 is 19.1 Å². The Morgan fingerprint density at radius 2 is 1.75 bits per heavy atom. The molecule has 0 fully saturated rings. The van der Waals surface area contributed by atoms with E-state index in [9.17, 15) is 22.8 Å². The third-order valence-electron chi connectivity index (χ3n) is 5.03. The van der Waals surface area contributed by atoms with Gasteiger partial charge >= 0.3 is 12.1 Å². The van der Waals surface area contributed by atoms with Gasteiger partial charge in [-0.3, -0.25) is 4.79 Å². The topological polar surface area (TPSA) is 65.1 Å². The van der Waals surface area contributed by atoms with Gasteiger partial charge in [0.2, 0.25) is 0 Å². The predicted molar refractivity (Wildman–Crippen MR) is 110 cm³/mol. The van der Waals surface area contributed by atoms with Crippen molar-refractivity contribution in [2.45, 2.75) is 19.1 Å². The summed E-state index contributed by atoms with van der Waals surface area (Å²) >= 11 is 0. The molecule has 1 aliphatic rings. The van der Waals surface area contributed by atoms with Crippen molar-refractivity contribution < 1.29 is 37.0 Å². The highest BCUT2D eigenvalue weighted by Crippen LogP contribution is 2.33. The summed E-state index contributed by atoms with van der Waals surface area (Å²) in [6.45, 7) is 0.333. The Kier molecular flexibility index (Phi) is 7.07. The fourth-order valence-corrected chi connectivity index (χ4v) is 3.35. The number of halogens is 3. The number of rotatable bonds is 6. The molecule has 0 spiro atoms. The first-order valence-electron chi connectivity index (χ1n) is 9.75. The Hall–Kier alpha value is -3.49. The van der Waals surface area contributed by atoms with E-state index in [-0.39, 0.29) is 11.5 Å². The fourth-order valence-electron chi connectivity index (χ4n) is 3.35. The van der Waals surface area contributed by atoms with Crippen LogP contribution in [0.25, 0.3) is 6.08 Å². The van der Waals surface area contributed by atoms with Crippen molar-refractivity contribution in [3.63, 3.8) is 0 Å². The highest BCUT2D eigenvalue weighted by Gasteiger charge is 2.30. The number of amides is 1. The Bertz CT molecular complexity index is 1030. The van der Waals surface area contributed by atoms with E-state index in [1.54, 1.807) is 12.0 Å². The van der Waals surface area contributed by atoms with Gasteiger partial charge in [0, 0.05) is 19.2 Å². The molecule has 6 nitrogen and oxygen atoms in total. The largest absolute Gasteiger partial charge is 0.493 e. The average Bonchev–Trinajstić information content (AvgIpc) is 2.79. The molecular formula is C23H22F3NO5. The third kappa shape index (κ3) is 5.60. The zero-order chi connectivity index (χ0) is 23.3. The summed E-state index contributed by atoms with van der Waals surface area (Å²) in [4.78, 5) is 25.9. The van der Waals surface area contributed by atoms with Crippen LogP contribution in [0.2, 0.25) is 0 Å². The van der Waals surface area contributed by atoms with E-state index in [2.05, 4.69) is 0 Å². The van der Waals surface area contributed by atoms with Crippen LogP contribution in [-0.4, -0.2) is 44.1 Å². The van der Waals surface area contributed by atoms with Crippen LogP contribution in [-0.2, 0) is 33.5 Å². The monoisotopic (exact) mass is 449 g/mol. The van der Waals surface area contributed by atoms with E-state index in [0.717, 1.165) is 29.3 Å². The summed E-state index contributed by atoms with van der Waals surface area (Å²) in [5, 5.41) is 0. The summed E-state index contributed by atoms with van der Waals surface area (Å²) < 4.78 is 53.8. The van der Waals surface area contributed by atoms with Crippen molar-refractivity contribution in [3.8, 4) is 11.5 Å². The van der Waals surface area contributed by atoms with E-state index in [4.69, 9.17) is 14.2 Å². The highest BCUT2D eigenvalue weighted by molar-refractivity contribution is 5.89. The number of benzene rings is 2. The number of carbonyl (C=O) groups is 2. The van der Waals surface area contributed by atoms with Crippen LogP contribution in [0.4, 0.5) is 13.2 Å². The smallest absolute Gasteiger partial charge is 0.416 e. The van der Waals surface area contributed by atoms with Crippen LogP contribution in [0, 0.1) is 0 Å². The second-order valence-corrected chi connectivity index (χ2v) is 7.11. The van der Waals surface area contributed by atoms with E-state index in [0.29, 0.717) is 31.0 Å². The molecule has 1 heterocycles. The number of ether oxygens (including phenoxy) is 3. The summed E-state index contributed by atoms with van der Waals surface area (Å²) in [7, 11) is 3.08. The number of alkyl halides is 3. The van der Waals surface area contributed by atoms with Crippen molar-refractivity contribution in [3.05, 3.63) is 64.7 Å². The second-order valence-electron chi connectivity index (χ2n) is 7.11. The molecule has 1 aliphatic heterocycles. The van der Waals surface area contributed by atoms with Crippen LogP contribution in [0.5, 0.6) is 11.5 Å². The van der Waals surface area contributed by atoms with Gasteiger partial charge in [0.1, 0.15) is 0 Å². The van der Waals surface area contributed by atoms with Gasteiger partial charge in [-0.1, -0.05) is 12.1 Å². The Balaban J connectivity index is 1.56. The first-order valence-corrected chi connectivity index (χ1v) is 9.75. The minimum absolute atomic E-state index is 0.195. The molecule has 0 atom stereocenters. The molecule has 0 bridgehead atoms. The van der Waals surface area contributed by atoms with Gasteiger partial charge in [-0.25, -0.2) is 4.79 Å². The average molecular weight is 449 g/mol. The zero-order valence-electron chi connectivity index (χ0n) is 17.6. The quantitative estimate of drug-likeness (QED) is 0.495. The normalized spacial score (nSPS) is 13.6. The maximum absolute atomic E-state index is 12.8. The van der Waals surface area contributed by atoms with E-state index >= 15 is 0 Å².